The molecule has 0 spiro atoms. The van der Waals surface area contributed by atoms with Gasteiger partial charge in [0.25, 0.3) is 0 Å². The van der Waals surface area contributed by atoms with Gasteiger partial charge in [-0.25, -0.2) is 0 Å². The van der Waals surface area contributed by atoms with Gasteiger partial charge in [0.15, 0.2) is 0 Å². The fourth-order valence-corrected chi connectivity index (χ4v) is 3.56. The molecule has 0 saturated heterocycles. The van der Waals surface area contributed by atoms with E-state index in [2.05, 4.69) is 6.07 Å². The van der Waals surface area contributed by atoms with Gasteiger partial charge in [-0.15, -0.1) is 0 Å². The van der Waals surface area contributed by atoms with E-state index in [0.717, 1.165) is 5.56 Å². The molecule has 2 bridgehead atoms. The highest BCUT2D eigenvalue weighted by Crippen LogP contribution is 2.47. The summed E-state index contributed by atoms with van der Waals surface area (Å²) in [4.78, 5) is 12.8. The number of nitriles is 1. The van der Waals surface area contributed by atoms with E-state index in [0.29, 0.717) is 18.6 Å². The molecule has 5 heteroatoms. The van der Waals surface area contributed by atoms with Gasteiger partial charge in [0.2, 0.25) is 11.6 Å². The zero-order valence-electron chi connectivity index (χ0n) is 13.2. The van der Waals surface area contributed by atoms with Crippen LogP contribution in [0.3, 0.4) is 0 Å². The van der Waals surface area contributed by atoms with Gasteiger partial charge >= 0.3 is 0 Å². The third-order valence-corrected chi connectivity index (χ3v) is 4.75. The summed E-state index contributed by atoms with van der Waals surface area (Å²) in [7, 11) is 2.88. The van der Waals surface area contributed by atoms with Gasteiger partial charge in [-0.2, -0.15) is 5.26 Å². The zero-order chi connectivity index (χ0) is 16.4. The van der Waals surface area contributed by atoms with Crippen molar-refractivity contribution in [1.82, 2.24) is 0 Å². The molecule has 4 rings (SSSR count). The number of Topliss-reactive ketones (excluding diaryl/α,β-unsaturated/α-hetero) is 1. The Morgan fingerprint density at radius 3 is 2.57 bits per heavy atom. The fourth-order valence-electron chi connectivity index (χ4n) is 3.56. The number of rotatable bonds is 5. The lowest BCUT2D eigenvalue weighted by atomic mass is 9.65. The van der Waals surface area contributed by atoms with Crippen LogP contribution in [0.15, 0.2) is 42.0 Å². The molecule has 1 fully saturated rings. The number of hydrogen-bond donors (Lipinski definition) is 0. The molecule has 0 amide bonds. The van der Waals surface area contributed by atoms with Crippen LogP contribution in [0.2, 0.25) is 0 Å². The molecule has 1 aromatic rings. The third kappa shape index (κ3) is 2.49. The zero-order valence-corrected chi connectivity index (χ0v) is 13.2. The van der Waals surface area contributed by atoms with Crippen molar-refractivity contribution >= 4 is 5.78 Å². The Balaban J connectivity index is 1.82. The van der Waals surface area contributed by atoms with Crippen LogP contribution in [-0.2, 0) is 25.6 Å². The second-order valence-electron chi connectivity index (χ2n) is 5.82. The molecule has 120 valence electrons. The Hall–Kier alpha value is -2.00. The van der Waals surface area contributed by atoms with Gasteiger partial charge in [-0.05, 0) is 12.0 Å². The predicted molar refractivity (Wildman–Crippen MR) is 82.1 cm³/mol. The summed E-state index contributed by atoms with van der Waals surface area (Å²) in [6.07, 6.45) is 1.98. The van der Waals surface area contributed by atoms with Gasteiger partial charge in [0, 0.05) is 19.8 Å². The maximum absolute atomic E-state index is 12.8. The SMILES string of the molecule is COC1(OC)C(=O)[C@@H]2C=C(C#N)[C@H]1C[C@H]2OCc1ccccc1. The number of benzene rings is 1. The lowest BCUT2D eigenvalue weighted by Crippen LogP contribution is -2.62. The van der Waals surface area contributed by atoms with Crippen LogP contribution in [-0.4, -0.2) is 31.9 Å². The van der Waals surface area contributed by atoms with Crippen molar-refractivity contribution in [3.63, 3.8) is 0 Å². The quantitative estimate of drug-likeness (QED) is 0.780. The van der Waals surface area contributed by atoms with Crippen molar-refractivity contribution in [3.05, 3.63) is 47.5 Å². The number of carbonyl (C=O) groups is 1. The molecular formula is C18H19NO4. The van der Waals surface area contributed by atoms with Crippen LogP contribution in [0.4, 0.5) is 0 Å². The number of methoxy groups -OCH3 is 2. The van der Waals surface area contributed by atoms with E-state index < -0.39 is 17.6 Å². The summed E-state index contributed by atoms with van der Waals surface area (Å²) in [6.45, 7) is 0.435. The van der Waals surface area contributed by atoms with E-state index in [1.165, 1.54) is 14.2 Å². The molecule has 0 heterocycles. The van der Waals surface area contributed by atoms with Gasteiger partial charge in [-0.3, -0.25) is 4.79 Å². The van der Waals surface area contributed by atoms with E-state index in [4.69, 9.17) is 14.2 Å². The Morgan fingerprint density at radius 2 is 1.96 bits per heavy atom. The molecular weight excluding hydrogens is 294 g/mol. The van der Waals surface area contributed by atoms with E-state index in [-0.39, 0.29) is 11.9 Å². The maximum Gasteiger partial charge on any atom is 0.237 e. The molecule has 23 heavy (non-hydrogen) atoms. The highest BCUT2D eigenvalue weighted by atomic mass is 16.7. The van der Waals surface area contributed by atoms with E-state index in [1.54, 1.807) is 6.08 Å². The lowest BCUT2D eigenvalue weighted by molar-refractivity contribution is -0.247. The van der Waals surface area contributed by atoms with Crippen LogP contribution in [0, 0.1) is 23.2 Å². The van der Waals surface area contributed by atoms with Crippen LogP contribution in [0.5, 0.6) is 0 Å². The minimum atomic E-state index is -1.36. The Labute approximate surface area is 135 Å². The molecule has 3 atom stereocenters. The minimum Gasteiger partial charge on any atom is -0.372 e. The second-order valence-corrected chi connectivity index (χ2v) is 5.82. The van der Waals surface area contributed by atoms with Crippen molar-refractivity contribution in [1.29, 1.82) is 5.26 Å². The molecule has 0 radical (unpaired) electrons. The largest absolute Gasteiger partial charge is 0.372 e. The maximum atomic E-state index is 12.8. The lowest BCUT2D eigenvalue weighted by Gasteiger charge is -2.48. The standard InChI is InChI=1S/C18H19NO4/c1-21-18(22-2)15-9-16(14(17(18)20)8-13(15)10-19)23-11-12-6-4-3-5-7-12/h3-8,14-16H,9,11H2,1-2H3/t14-,15-,16-/m1/s1. The van der Waals surface area contributed by atoms with E-state index in [9.17, 15) is 10.1 Å². The fraction of sp³-hybridized carbons (Fsp3) is 0.444. The summed E-state index contributed by atoms with van der Waals surface area (Å²) >= 11 is 0. The Morgan fingerprint density at radius 1 is 1.26 bits per heavy atom. The average molecular weight is 313 g/mol. The first-order chi connectivity index (χ1) is 11.2. The first kappa shape index (κ1) is 15.9. The smallest absolute Gasteiger partial charge is 0.237 e. The first-order valence-corrected chi connectivity index (χ1v) is 7.58. The third-order valence-electron chi connectivity index (χ3n) is 4.75. The second kappa shape index (κ2) is 6.25. The van der Waals surface area contributed by atoms with Crippen LogP contribution < -0.4 is 0 Å². The number of ketones is 1. The molecule has 5 nitrogen and oxygen atoms in total. The molecule has 0 aromatic heterocycles. The van der Waals surface area contributed by atoms with Gasteiger partial charge in [-0.1, -0.05) is 36.4 Å². The van der Waals surface area contributed by atoms with Crippen molar-refractivity contribution in [2.45, 2.75) is 24.9 Å². The summed E-state index contributed by atoms with van der Waals surface area (Å²) in [5.74, 6) is -2.48. The molecule has 3 aliphatic carbocycles. The van der Waals surface area contributed by atoms with Gasteiger partial charge in [0.1, 0.15) is 0 Å². The van der Waals surface area contributed by atoms with E-state index in [1.807, 2.05) is 30.3 Å². The molecule has 3 aliphatic rings. The van der Waals surface area contributed by atoms with Gasteiger partial charge in [0.05, 0.1) is 30.6 Å². The van der Waals surface area contributed by atoms with E-state index >= 15 is 0 Å². The summed E-state index contributed by atoms with van der Waals surface area (Å²) in [5.41, 5.74) is 1.59. The summed E-state index contributed by atoms with van der Waals surface area (Å²) < 4.78 is 16.8. The summed E-state index contributed by atoms with van der Waals surface area (Å²) in [6, 6.07) is 12.0. The number of ether oxygens (including phenoxy) is 3. The molecule has 1 aromatic carbocycles. The van der Waals surface area contributed by atoms with Gasteiger partial charge < -0.3 is 14.2 Å². The van der Waals surface area contributed by atoms with Crippen molar-refractivity contribution in [2.75, 3.05) is 14.2 Å². The Kier molecular flexibility index (Phi) is 4.31. The number of fused-ring (bicyclic) bond motifs is 2. The average Bonchev–Trinajstić information content (AvgIpc) is 2.61. The topological polar surface area (TPSA) is 68.5 Å². The minimum absolute atomic E-state index is 0.171. The molecule has 0 aliphatic heterocycles. The molecule has 0 N–H and O–H groups in total. The van der Waals surface area contributed by atoms with Crippen molar-refractivity contribution in [3.8, 4) is 6.07 Å². The predicted octanol–water partition coefficient (Wildman–Crippen LogP) is 2.23. The first-order valence-electron chi connectivity index (χ1n) is 7.58. The molecule has 0 unspecified atom stereocenters. The van der Waals surface area contributed by atoms with Crippen LogP contribution in [0.25, 0.3) is 0 Å². The highest BCUT2D eigenvalue weighted by molar-refractivity contribution is 5.93. The number of carbonyl (C=O) groups excluding carboxylic acids is 1. The van der Waals surface area contributed by atoms with Crippen molar-refractivity contribution < 1.29 is 19.0 Å². The highest BCUT2D eigenvalue weighted by Gasteiger charge is 2.60. The van der Waals surface area contributed by atoms with Crippen molar-refractivity contribution in [2.24, 2.45) is 11.8 Å². The monoisotopic (exact) mass is 313 g/mol. The number of hydrogen-bond acceptors (Lipinski definition) is 5. The summed E-state index contributed by atoms with van der Waals surface area (Å²) in [5, 5.41) is 9.34. The normalized spacial score (nSPS) is 28.3. The van der Waals surface area contributed by atoms with Crippen LogP contribution >= 0.6 is 0 Å². The Bertz CT molecular complexity index is 657. The number of nitrogens with zero attached hydrogens (tertiary/aromatic N) is 1. The van der Waals surface area contributed by atoms with Crippen LogP contribution in [0.1, 0.15) is 12.0 Å². The molecule has 1 saturated carbocycles.